The van der Waals surface area contributed by atoms with Crippen LogP contribution in [0, 0.1) is 26.7 Å². The number of halogens is 1. The van der Waals surface area contributed by atoms with E-state index >= 15 is 0 Å². The number of benzene rings is 2. The summed E-state index contributed by atoms with van der Waals surface area (Å²) in [4.78, 5) is 53.2. The number of fused-ring (bicyclic) bond motifs is 1. The van der Waals surface area contributed by atoms with Gasteiger partial charge in [0.15, 0.2) is 0 Å². The minimum Gasteiger partial charge on any atom is -0.462 e. The van der Waals surface area contributed by atoms with Crippen molar-refractivity contribution < 1.29 is 19.1 Å². The van der Waals surface area contributed by atoms with E-state index in [4.69, 9.17) is 16.3 Å². The first kappa shape index (κ1) is 31.2. The van der Waals surface area contributed by atoms with Crippen LogP contribution < -0.4 is 10.2 Å². The molecule has 0 saturated carbocycles. The Morgan fingerprint density at radius 1 is 1.07 bits per heavy atom. The number of esters is 1. The SMILES string of the molecule is CCOC(=O)c1cccc(NC(=O)N(CCCN2CC3=CN(C(=O)c4c(C)ncnc4C)CC3C2)c2ccc(C)c(Cl)c2)c1. The zero-order valence-corrected chi connectivity index (χ0v) is 26.2. The van der Waals surface area contributed by atoms with Crippen LogP contribution in [0.4, 0.5) is 16.2 Å². The summed E-state index contributed by atoms with van der Waals surface area (Å²) >= 11 is 6.43. The lowest BCUT2D eigenvalue weighted by molar-refractivity contribution is 0.0526. The molecule has 1 unspecified atom stereocenters. The number of carbonyl (C=O) groups excluding carboxylic acids is 3. The van der Waals surface area contributed by atoms with Crippen LogP contribution in [0.25, 0.3) is 0 Å². The van der Waals surface area contributed by atoms with E-state index < -0.39 is 5.97 Å². The smallest absolute Gasteiger partial charge is 0.338 e. The quantitative estimate of drug-likeness (QED) is 0.310. The molecule has 1 fully saturated rings. The summed E-state index contributed by atoms with van der Waals surface area (Å²) in [5, 5.41) is 3.51. The van der Waals surface area contributed by atoms with Gasteiger partial charge in [0.2, 0.25) is 0 Å². The van der Waals surface area contributed by atoms with E-state index in [-0.39, 0.29) is 24.5 Å². The van der Waals surface area contributed by atoms with E-state index in [9.17, 15) is 14.4 Å². The Labute approximate surface area is 262 Å². The second-order valence-electron chi connectivity index (χ2n) is 11.2. The van der Waals surface area contributed by atoms with Crippen molar-refractivity contribution in [1.82, 2.24) is 19.8 Å². The highest BCUT2D eigenvalue weighted by atomic mass is 35.5. The van der Waals surface area contributed by atoms with Gasteiger partial charge in [0.25, 0.3) is 5.91 Å². The lowest BCUT2D eigenvalue weighted by Crippen LogP contribution is -2.37. The summed E-state index contributed by atoms with van der Waals surface area (Å²) in [5.41, 5.74) is 5.67. The normalized spacial score (nSPS) is 16.0. The summed E-state index contributed by atoms with van der Waals surface area (Å²) in [7, 11) is 0. The monoisotopic (exact) mass is 616 g/mol. The fourth-order valence-electron chi connectivity index (χ4n) is 5.73. The standard InChI is InChI=1S/C33H37ClN6O4/c1-5-44-32(42)24-8-6-9-27(14-24)37-33(43)40(28-11-10-21(2)29(34)15-28)13-7-12-38-16-25-18-39(19-26(25)17-38)31(41)30-22(3)35-20-36-23(30)4/h6,8-11,14-15,18,20,26H,5,7,12-13,16-17,19H2,1-4H3,(H,37,43). The highest BCUT2D eigenvalue weighted by Crippen LogP contribution is 2.31. The highest BCUT2D eigenvalue weighted by Gasteiger charge is 2.36. The molecule has 3 amide bonds. The predicted octanol–water partition coefficient (Wildman–Crippen LogP) is 5.63. The van der Waals surface area contributed by atoms with Crippen LogP contribution in [-0.4, -0.2) is 77.0 Å². The van der Waals surface area contributed by atoms with Gasteiger partial charge in [0.05, 0.1) is 29.1 Å². The van der Waals surface area contributed by atoms with Crippen molar-refractivity contribution in [3.63, 3.8) is 0 Å². The van der Waals surface area contributed by atoms with Gasteiger partial charge in [-0.1, -0.05) is 23.7 Å². The molecule has 10 nitrogen and oxygen atoms in total. The number of nitrogens with zero attached hydrogens (tertiary/aromatic N) is 5. The number of amides is 3. The summed E-state index contributed by atoms with van der Waals surface area (Å²) in [5.74, 6) is -0.213. The summed E-state index contributed by atoms with van der Waals surface area (Å²) in [6.07, 6.45) is 4.19. The highest BCUT2D eigenvalue weighted by molar-refractivity contribution is 6.31. The number of hydrogen-bond donors (Lipinski definition) is 1. The zero-order chi connectivity index (χ0) is 31.4. The molecule has 1 aromatic heterocycles. The number of anilines is 2. The first-order valence-electron chi connectivity index (χ1n) is 14.8. The van der Waals surface area contributed by atoms with E-state index in [1.54, 1.807) is 47.1 Å². The Morgan fingerprint density at radius 2 is 1.84 bits per heavy atom. The number of carbonyl (C=O) groups is 3. The number of nitrogens with one attached hydrogen (secondary N) is 1. The Balaban J connectivity index is 1.22. The molecule has 0 radical (unpaired) electrons. The van der Waals surface area contributed by atoms with Crippen molar-refractivity contribution in [2.75, 3.05) is 49.5 Å². The fourth-order valence-corrected chi connectivity index (χ4v) is 5.90. The Bertz CT molecular complexity index is 1590. The van der Waals surface area contributed by atoms with Crippen LogP contribution in [0.15, 0.2) is 60.6 Å². The molecule has 1 atom stereocenters. The van der Waals surface area contributed by atoms with Gasteiger partial charge in [-0.25, -0.2) is 19.6 Å². The second kappa shape index (κ2) is 13.6. The van der Waals surface area contributed by atoms with Crippen LogP contribution in [0.3, 0.4) is 0 Å². The van der Waals surface area contributed by atoms with E-state index in [1.165, 1.54) is 11.9 Å². The maximum atomic E-state index is 13.6. The van der Waals surface area contributed by atoms with E-state index in [1.807, 2.05) is 39.1 Å². The molecular weight excluding hydrogens is 580 g/mol. The molecule has 1 N–H and O–H groups in total. The minimum absolute atomic E-state index is 0.0553. The molecule has 0 spiro atoms. The third-order valence-electron chi connectivity index (χ3n) is 8.04. The third kappa shape index (κ3) is 6.92. The number of aryl methyl sites for hydroxylation is 3. The molecule has 230 valence electrons. The maximum Gasteiger partial charge on any atom is 0.338 e. The number of hydrogen-bond acceptors (Lipinski definition) is 7. The molecule has 5 rings (SSSR count). The molecule has 2 aliphatic rings. The van der Waals surface area contributed by atoms with Gasteiger partial charge < -0.3 is 15.0 Å². The molecule has 11 heteroatoms. The Kier molecular flexibility index (Phi) is 9.61. The molecule has 1 saturated heterocycles. The molecular formula is C33H37ClN6O4. The lowest BCUT2D eigenvalue weighted by atomic mass is 10.1. The number of rotatable bonds is 9. The van der Waals surface area contributed by atoms with Crippen LogP contribution >= 0.6 is 11.6 Å². The van der Waals surface area contributed by atoms with Crippen molar-refractivity contribution >= 4 is 40.9 Å². The summed E-state index contributed by atoms with van der Waals surface area (Å²) in [6, 6.07) is 11.9. The number of likely N-dealkylation sites (tertiary alicyclic amines) is 1. The first-order valence-corrected chi connectivity index (χ1v) is 15.2. The van der Waals surface area contributed by atoms with Gasteiger partial charge >= 0.3 is 12.0 Å². The van der Waals surface area contributed by atoms with Gasteiger partial charge in [0, 0.05) is 61.2 Å². The minimum atomic E-state index is -0.442. The predicted molar refractivity (Wildman–Crippen MR) is 170 cm³/mol. The van der Waals surface area contributed by atoms with E-state index in [2.05, 4.69) is 20.2 Å². The van der Waals surface area contributed by atoms with Crippen LogP contribution in [0.1, 0.15) is 51.0 Å². The fraction of sp³-hybridized carbons (Fsp3) is 0.364. The number of aromatic nitrogens is 2. The maximum absolute atomic E-state index is 13.6. The van der Waals surface area contributed by atoms with Gasteiger partial charge in [0.1, 0.15) is 6.33 Å². The summed E-state index contributed by atoms with van der Waals surface area (Å²) in [6.45, 7) is 11.1. The molecule has 3 heterocycles. The van der Waals surface area contributed by atoms with Crippen molar-refractivity contribution in [3.8, 4) is 0 Å². The van der Waals surface area contributed by atoms with Crippen LogP contribution in [0.2, 0.25) is 5.02 Å². The zero-order valence-electron chi connectivity index (χ0n) is 25.5. The van der Waals surface area contributed by atoms with Gasteiger partial charge in [-0.3, -0.25) is 14.6 Å². The molecule has 3 aromatic rings. The molecule has 0 aliphatic carbocycles. The average Bonchev–Trinajstić information content (AvgIpc) is 3.56. The third-order valence-corrected chi connectivity index (χ3v) is 8.45. The second-order valence-corrected chi connectivity index (χ2v) is 11.6. The van der Waals surface area contributed by atoms with Crippen LogP contribution in [-0.2, 0) is 4.74 Å². The number of ether oxygens (including phenoxy) is 1. The lowest BCUT2D eigenvalue weighted by Gasteiger charge is -2.25. The first-order chi connectivity index (χ1) is 21.1. The molecule has 0 bridgehead atoms. The Hall–Kier alpha value is -4.28. The van der Waals surface area contributed by atoms with Crippen LogP contribution in [0.5, 0.6) is 0 Å². The topological polar surface area (TPSA) is 108 Å². The molecule has 2 aliphatic heterocycles. The Morgan fingerprint density at radius 3 is 2.55 bits per heavy atom. The van der Waals surface area contributed by atoms with E-state index in [0.29, 0.717) is 52.0 Å². The van der Waals surface area contributed by atoms with Gasteiger partial charge in [-0.15, -0.1) is 0 Å². The van der Waals surface area contributed by atoms with Crippen molar-refractivity contribution in [2.45, 2.75) is 34.1 Å². The summed E-state index contributed by atoms with van der Waals surface area (Å²) < 4.78 is 5.10. The average molecular weight is 617 g/mol. The van der Waals surface area contributed by atoms with Gasteiger partial charge in [-0.05, 0) is 75.6 Å². The van der Waals surface area contributed by atoms with Crippen molar-refractivity contribution in [1.29, 1.82) is 0 Å². The number of urea groups is 1. The van der Waals surface area contributed by atoms with Gasteiger partial charge in [-0.2, -0.15) is 0 Å². The largest absolute Gasteiger partial charge is 0.462 e. The van der Waals surface area contributed by atoms with E-state index in [0.717, 1.165) is 31.6 Å². The van der Waals surface area contributed by atoms with Crippen molar-refractivity contribution in [2.24, 2.45) is 5.92 Å². The molecule has 2 aromatic carbocycles. The van der Waals surface area contributed by atoms with Crippen molar-refractivity contribution in [3.05, 3.63) is 93.7 Å². The molecule has 44 heavy (non-hydrogen) atoms.